The Morgan fingerprint density at radius 2 is 2.00 bits per heavy atom. The van der Waals surface area contributed by atoms with Crippen molar-refractivity contribution in [3.05, 3.63) is 65.0 Å². The van der Waals surface area contributed by atoms with Gasteiger partial charge in [-0.1, -0.05) is 12.1 Å². The summed E-state index contributed by atoms with van der Waals surface area (Å²) >= 11 is 0. The van der Waals surface area contributed by atoms with E-state index in [9.17, 15) is 14.0 Å². The summed E-state index contributed by atoms with van der Waals surface area (Å²) in [5, 5.41) is 11.7. The zero-order valence-electron chi connectivity index (χ0n) is 11.8. The van der Waals surface area contributed by atoms with E-state index in [4.69, 9.17) is 9.84 Å². The molecule has 0 unspecified atom stereocenters. The Labute approximate surface area is 126 Å². The SMILES string of the molecule is COc1ccc(CNC(=O)c2cccc(F)c2)cc1C(=O)O. The normalized spacial score (nSPS) is 10.1. The first-order valence-electron chi connectivity index (χ1n) is 6.45. The summed E-state index contributed by atoms with van der Waals surface area (Å²) in [5.74, 6) is -1.81. The van der Waals surface area contributed by atoms with Crippen LogP contribution in [0.25, 0.3) is 0 Å². The third-order valence-corrected chi connectivity index (χ3v) is 3.03. The number of amides is 1. The van der Waals surface area contributed by atoms with Crippen LogP contribution in [0.1, 0.15) is 26.3 Å². The van der Waals surface area contributed by atoms with Gasteiger partial charge in [0.2, 0.25) is 0 Å². The van der Waals surface area contributed by atoms with Crippen LogP contribution in [0.4, 0.5) is 4.39 Å². The number of nitrogens with one attached hydrogen (secondary N) is 1. The molecule has 0 radical (unpaired) electrons. The molecule has 2 aromatic carbocycles. The Hall–Kier alpha value is -2.89. The van der Waals surface area contributed by atoms with Crippen molar-refractivity contribution in [2.75, 3.05) is 7.11 Å². The Balaban J connectivity index is 2.10. The molecule has 6 heteroatoms. The van der Waals surface area contributed by atoms with Crippen molar-refractivity contribution in [1.82, 2.24) is 5.32 Å². The van der Waals surface area contributed by atoms with Gasteiger partial charge in [-0.3, -0.25) is 4.79 Å². The molecule has 0 aliphatic rings. The van der Waals surface area contributed by atoms with Crippen molar-refractivity contribution in [3.63, 3.8) is 0 Å². The zero-order chi connectivity index (χ0) is 16.1. The molecule has 2 aromatic rings. The van der Waals surface area contributed by atoms with E-state index in [1.807, 2.05) is 0 Å². The highest BCUT2D eigenvalue weighted by Crippen LogP contribution is 2.19. The maximum atomic E-state index is 13.1. The molecular weight excluding hydrogens is 289 g/mol. The van der Waals surface area contributed by atoms with Gasteiger partial charge in [-0.2, -0.15) is 0 Å². The van der Waals surface area contributed by atoms with E-state index in [0.717, 1.165) is 6.07 Å². The molecule has 0 bridgehead atoms. The van der Waals surface area contributed by atoms with Crippen LogP contribution in [-0.4, -0.2) is 24.1 Å². The molecule has 0 aliphatic carbocycles. The molecule has 0 aliphatic heterocycles. The van der Waals surface area contributed by atoms with Gasteiger partial charge in [-0.05, 0) is 35.9 Å². The lowest BCUT2D eigenvalue weighted by Gasteiger charge is -2.09. The second-order valence-corrected chi connectivity index (χ2v) is 4.53. The van der Waals surface area contributed by atoms with Crippen LogP contribution in [0, 0.1) is 5.82 Å². The lowest BCUT2D eigenvalue weighted by Crippen LogP contribution is -2.23. The van der Waals surface area contributed by atoms with Crippen molar-refractivity contribution in [2.24, 2.45) is 0 Å². The van der Waals surface area contributed by atoms with E-state index in [1.54, 1.807) is 6.07 Å². The molecule has 114 valence electrons. The summed E-state index contributed by atoms with van der Waals surface area (Å²) in [4.78, 5) is 23.0. The summed E-state index contributed by atoms with van der Waals surface area (Å²) < 4.78 is 18.0. The molecule has 0 saturated carbocycles. The van der Waals surface area contributed by atoms with E-state index < -0.39 is 17.7 Å². The van der Waals surface area contributed by atoms with Crippen molar-refractivity contribution < 1.29 is 23.8 Å². The Kier molecular flexibility index (Phi) is 4.73. The van der Waals surface area contributed by atoms with Gasteiger partial charge in [0.1, 0.15) is 17.1 Å². The number of ether oxygens (including phenoxy) is 1. The van der Waals surface area contributed by atoms with Crippen LogP contribution in [0.5, 0.6) is 5.75 Å². The number of carbonyl (C=O) groups is 2. The lowest BCUT2D eigenvalue weighted by molar-refractivity contribution is 0.0693. The lowest BCUT2D eigenvalue weighted by atomic mass is 10.1. The van der Waals surface area contributed by atoms with E-state index in [0.29, 0.717) is 5.56 Å². The van der Waals surface area contributed by atoms with Crippen LogP contribution >= 0.6 is 0 Å². The first-order valence-corrected chi connectivity index (χ1v) is 6.45. The van der Waals surface area contributed by atoms with Crippen LogP contribution in [0.15, 0.2) is 42.5 Å². The molecule has 2 rings (SSSR count). The van der Waals surface area contributed by atoms with Gasteiger partial charge in [0.05, 0.1) is 7.11 Å². The highest BCUT2D eigenvalue weighted by atomic mass is 19.1. The monoisotopic (exact) mass is 303 g/mol. The number of methoxy groups -OCH3 is 1. The quantitative estimate of drug-likeness (QED) is 0.889. The number of carboxylic acid groups (broad SMARTS) is 1. The molecule has 0 saturated heterocycles. The zero-order valence-corrected chi connectivity index (χ0v) is 11.8. The Morgan fingerprint density at radius 3 is 2.64 bits per heavy atom. The average molecular weight is 303 g/mol. The molecule has 0 heterocycles. The standard InChI is InChI=1S/C16H14FNO4/c1-22-14-6-5-10(7-13(14)16(20)21)9-18-15(19)11-3-2-4-12(17)8-11/h2-8H,9H2,1H3,(H,18,19)(H,20,21). The van der Waals surface area contributed by atoms with Gasteiger partial charge in [0, 0.05) is 12.1 Å². The second kappa shape index (κ2) is 6.71. The number of benzene rings is 2. The third kappa shape index (κ3) is 3.60. The highest BCUT2D eigenvalue weighted by molar-refractivity contribution is 5.94. The fourth-order valence-electron chi connectivity index (χ4n) is 1.95. The molecule has 0 atom stereocenters. The van der Waals surface area contributed by atoms with Crippen LogP contribution in [0.2, 0.25) is 0 Å². The smallest absolute Gasteiger partial charge is 0.339 e. The summed E-state index contributed by atoms with van der Waals surface area (Å²) in [5.41, 5.74) is 0.815. The minimum absolute atomic E-state index is 0.0139. The van der Waals surface area contributed by atoms with Crippen molar-refractivity contribution in [1.29, 1.82) is 0 Å². The van der Waals surface area contributed by atoms with Gasteiger partial charge in [-0.15, -0.1) is 0 Å². The van der Waals surface area contributed by atoms with E-state index in [1.165, 1.54) is 37.4 Å². The number of carbonyl (C=O) groups excluding carboxylic acids is 1. The first kappa shape index (κ1) is 15.5. The number of halogens is 1. The van der Waals surface area contributed by atoms with Crippen molar-refractivity contribution in [2.45, 2.75) is 6.54 Å². The molecule has 0 fully saturated rings. The van der Waals surface area contributed by atoms with Crippen LogP contribution < -0.4 is 10.1 Å². The predicted molar refractivity (Wildman–Crippen MR) is 77.5 cm³/mol. The fraction of sp³-hybridized carbons (Fsp3) is 0.125. The topological polar surface area (TPSA) is 75.6 Å². The Morgan fingerprint density at radius 1 is 1.23 bits per heavy atom. The molecular formula is C16H14FNO4. The maximum Gasteiger partial charge on any atom is 0.339 e. The molecule has 1 amide bonds. The van der Waals surface area contributed by atoms with Gasteiger partial charge >= 0.3 is 5.97 Å². The number of hydrogen-bond acceptors (Lipinski definition) is 3. The molecule has 2 N–H and O–H groups in total. The van der Waals surface area contributed by atoms with Crippen LogP contribution in [-0.2, 0) is 6.54 Å². The van der Waals surface area contributed by atoms with Gasteiger partial charge in [0.25, 0.3) is 5.91 Å². The first-order chi connectivity index (χ1) is 10.5. The summed E-state index contributed by atoms with van der Waals surface area (Å²) in [6, 6.07) is 9.91. The van der Waals surface area contributed by atoms with Gasteiger partial charge < -0.3 is 15.2 Å². The van der Waals surface area contributed by atoms with Crippen molar-refractivity contribution >= 4 is 11.9 Å². The molecule has 5 nitrogen and oxygen atoms in total. The third-order valence-electron chi connectivity index (χ3n) is 3.03. The predicted octanol–water partition coefficient (Wildman–Crippen LogP) is 2.46. The fourth-order valence-corrected chi connectivity index (χ4v) is 1.95. The summed E-state index contributed by atoms with van der Waals surface area (Å²) in [6.45, 7) is 0.125. The van der Waals surface area contributed by atoms with Crippen LogP contribution in [0.3, 0.4) is 0 Å². The summed E-state index contributed by atoms with van der Waals surface area (Å²) in [7, 11) is 1.38. The number of aromatic carboxylic acids is 1. The molecule has 0 aromatic heterocycles. The van der Waals surface area contributed by atoms with Crippen molar-refractivity contribution in [3.8, 4) is 5.75 Å². The summed E-state index contributed by atoms with van der Waals surface area (Å²) in [6.07, 6.45) is 0. The van der Waals surface area contributed by atoms with E-state index in [2.05, 4.69) is 5.32 Å². The van der Waals surface area contributed by atoms with E-state index in [-0.39, 0.29) is 23.4 Å². The highest BCUT2D eigenvalue weighted by Gasteiger charge is 2.12. The number of hydrogen-bond donors (Lipinski definition) is 2. The van der Waals surface area contributed by atoms with Gasteiger partial charge in [0.15, 0.2) is 0 Å². The number of carboxylic acids is 1. The van der Waals surface area contributed by atoms with E-state index >= 15 is 0 Å². The van der Waals surface area contributed by atoms with Gasteiger partial charge in [-0.25, -0.2) is 9.18 Å². The Bertz CT molecular complexity index is 715. The minimum Gasteiger partial charge on any atom is -0.496 e. The molecule has 0 spiro atoms. The largest absolute Gasteiger partial charge is 0.496 e. The average Bonchev–Trinajstić information content (AvgIpc) is 2.52. The number of rotatable bonds is 5. The molecule has 22 heavy (non-hydrogen) atoms. The second-order valence-electron chi connectivity index (χ2n) is 4.53. The maximum absolute atomic E-state index is 13.1. The minimum atomic E-state index is -1.12.